The molecule has 1 atom stereocenters. The van der Waals surface area contributed by atoms with Crippen LogP contribution in [0.2, 0.25) is 0 Å². The number of ether oxygens (including phenoxy) is 1. The highest BCUT2D eigenvalue weighted by molar-refractivity contribution is 5.26. The first-order valence-electron chi connectivity index (χ1n) is 5.03. The van der Waals surface area contributed by atoms with E-state index in [1.807, 2.05) is 19.1 Å². The molecule has 15 heavy (non-hydrogen) atoms. The maximum absolute atomic E-state index is 5.30. The third kappa shape index (κ3) is 3.75. The molecule has 0 aliphatic heterocycles. The second-order valence-corrected chi connectivity index (χ2v) is 3.47. The number of rotatable bonds is 5. The summed E-state index contributed by atoms with van der Waals surface area (Å²) in [6.45, 7) is 3.39. The van der Waals surface area contributed by atoms with Crippen LogP contribution in [0, 0.1) is 12.3 Å². The predicted octanol–water partition coefficient (Wildman–Crippen LogP) is 1.94. The first-order chi connectivity index (χ1) is 7.27. The summed E-state index contributed by atoms with van der Waals surface area (Å²) >= 11 is 0. The van der Waals surface area contributed by atoms with Crippen molar-refractivity contribution in [1.29, 1.82) is 0 Å². The van der Waals surface area contributed by atoms with E-state index in [9.17, 15) is 0 Å². The van der Waals surface area contributed by atoms with Crippen LogP contribution < -0.4 is 5.32 Å². The Kier molecular flexibility index (Phi) is 4.89. The van der Waals surface area contributed by atoms with E-state index in [0.717, 1.165) is 6.54 Å². The van der Waals surface area contributed by atoms with E-state index in [1.165, 1.54) is 11.1 Å². The number of terminal acetylenes is 1. The Morgan fingerprint density at radius 3 is 2.67 bits per heavy atom. The molecule has 1 rings (SSSR count). The Bertz CT molecular complexity index is 341. The molecule has 0 radical (unpaired) electrons. The van der Waals surface area contributed by atoms with Crippen LogP contribution in [0.5, 0.6) is 0 Å². The minimum absolute atomic E-state index is 0.0978. The van der Waals surface area contributed by atoms with Crippen molar-refractivity contribution in [3.05, 3.63) is 35.4 Å². The van der Waals surface area contributed by atoms with E-state index in [-0.39, 0.29) is 6.04 Å². The SMILES string of the molecule is C#CC(C)NCc1ccccc1COC. The van der Waals surface area contributed by atoms with Gasteiger partial charge in [-0.1, -0.05) is 30.2 Å². The van der Waals surface area contributed by atoms with Crippen molar-refractivity contribution in [1.82, 2.24) is 5.32 Å². The van der Waals surface area contributed by atoms with Crippen molar-refractivity contribution >= 4 is 0 Å². The van der Waals surface area contributed by atoms with Gasteiger partial charge in [0.25, 0.3) is 0 Å². The molecule has 0 aliphatic carbocycles. The van der Waals surface area contributed by atoms with Crippen molar-refractivity contribution < 1.29 is 4.74 Å². The second-order valence-electron chi connectivity index (χ2n) is 3.47. The molecule has 1 aromatic carbocycles. The normalized spacial score (nSPS) is 12.1. The molecule has 0 amide bonds. The van der Waals surface area contributed by atoms with Crippen LogP contribution >= 0.6 is 0 Å². The monoisotopic (exact) mass is 203 g/mol. The minimum atomic E-state index is 0.0978. The van der Waals surface area contributed by atoms with Crippen molar-refractivity contribution in [3.63, 3.8) is 0 Å². The van der Waals surface area contributed by atoms with E-state index in [2.05, 4.69) is 23.4 Å². The maximum atomic E-state index is 5.30. The van der Waals surface area contributed by atoms with Gasteiger partial charge >= 0.3 is 0 Å². The molecule has 1 unspecified atom stereocenters. The lowest BCUT2D eigenvalue weighted by Crippen LogP contribution is -2.24. The fourth-order valence-electron chi connectivity index (χ4n) is 1.35. The third-order valence-corrected chi connectivity index (χ3v) is 2.27. The zero-order valence-electron chi connectivity index (χ0n) is 9.29. The summed E-state index contributed by atoms with van der Waals surface area (Å²) in [4.78, 5) is 0. The molecule has 0 saturated carbocycles. The van der Waals surface area contributed by atoms with E-state index in [0.29, 0.717) is 6.61 Å². The predicted molar refractivity (Wildman–Crippen MR) is 62.3 cm³/mol. The fourth-order valence-corrected chi connectivity index (χ4v) is 1.35. The van der Waals surface area contributed by atoms with Crippen molar-refractivity contribution in [2.45, 2.75) is 26.1 Å². The number of hydrogen-bond acceptors (Lipinski definition) is 2. The van der Waals surface area contributed by atoms with Crippen LogP contribution in [-0.2, 0) is 17.9 Å². The van der Waals surface area contributed by atoms with Gasteiger partial charge in [-0.05, 0) is 18.1 Å². The zero-order valence-corrected chi connectivity index (χ0v) is 9.29. The molecule has 1 N–H and O–H groups in total. The maximum Gasteiger partial charge on any atom is 0.0716 e. The summed E-state index contributed by atoms with van der Waals surface area (Å²) < 4.78 is 5.13. The largest absolute Gasteiger partial charge is 0.380 e. The molecule has 2 nitrogen and oxygen atoms in total. The van der Waals surface area contributed by atoms with Gasteiger partial charge in [0.15, 0.2) is 0 Å². The molecule has 0 aromatic heterocycles. The first kappa shape index (κ1) is 11.8. The Morgan fingerprint density at radius 1 is 1.40 bits per heavy atom. The van der Waals surface area contributed by atoms with Crippen LogP contribution in [0.15, 0.2) is 24.3 Å². The summed E-state index contributed by atoms with van der Waals surface area (Å²) in [5.74, 6) is 2.64. The van der Waals surface area contributed by atoms with Gasteiger partial charge in [-0.15, -0.1) is 6.42 Å². The number of methoxy groups -OCH3 is 1. The topological polar surface area (TPSA) is 21.3 Å². The molecule has 0 heterocycles. The second kappa shape index (κ2) is 6.23. The molecular formula is C13H17NO. The zero-order chi connectivity index (χ0) is 11.1. The van der Waals surface area contributed by atoms with Crippen LogP contribution in [0.1, 0.15) is 18.1 Å². The van der Waals surface area contributed by atoms with Crippen LogP contribution in [0.3, 0.4) is 0 Å². The van der Waals surface area contributed by atoms with Gasteiger partial charge in [0.2, 0.25) is 0 Å². The smallest absolute Gasteiger partial charge is 0.0716 e. The Balaban J connectivity index is 2.63. The summed E-state index contributed by atoms with van der Waals surface area (Å²) in [5, 5.41) is 3.26. The average molecular weight is 203 g/mol. The highest BCUT2D eigenvalue weighted by atomic mass is 16.5. The molecule has 0 bridgehead atoms. The standard InChI is InChI=1S/C13H17NO/c1-4-11(2)14-9-12-7-5-6-8-13(12)10-15-3/h1,5-8,11,14H,9-10H2,2-3H3. The van der Waals surface area contributed by atoms with Gasteiger partial charge in [-0.3, -0.25) is 5.32 Å². The molecule has 0 aliphatic rings. The number of benzene rings is 1. The van der Waals surface area contributed by atoms with Crippen LogP contribution in [-0.4, -0.2) is 13.2 Å². The molecule has 1 aromatic rings. The van der Waals surface area contributed by atoms with Gasteiger partial charge in [-0.2, -0.15) is 0 Å². The highest BCUT2D eigenvalue weighted by Gasteiger charge is 2.02. The quantitative estimate of drug-likeness (QED) is 0.738. The van der Waals surface area contributed by atoms with Crippen molar-refractivity contribution in [3.8, 4) is 12.3 Å². The lowest BCUT2D eigenvalue weighted by atomic mass is 10.1. The summed E-state index contributed by atoms with van der Waals surface area (Å²) in [6, 6.07) is 8.30. The molecule has 0 spiro atoms. The van der Waals surface area contributed by atoms with Crippen molar-refractivity contribution in [2.75, 3.05) is 7.11 Å². The molecule has 2 heteroatoms. The van der Waals surface area contributed by atoms with E-state index >= 15 is 0 Å². The molecular weight excluding hydrogens is 186 g/mol. The van der Waals surface area contributed by atoms with Crippen LogP contribution in [0.25, 0.3) is 0 Å². The lowest BCUT2D eigenvalue weighted by molar-refractivity contribution is 0.184. The van der Waals surface area contributed by atoms with Crippen molar-refractivity contribution in [2.24, 2.45) is 0 Å². The molecule has 0 saturated heterocycles. The van der Waals surface area contributed by atoms with Crippen LogP contribution in [0.4, 0.5) is 0 Å². The third-order valence-electron chi connectivity index (χ3n) is 2.27. The highest BCUT2D eigenvalue weighted by Crippen LogP contribution is 2.09. The van der Waals surface area contributed by atoms with Gasteiger partial charge in [-0.25, -0.2) is 0 Å². The Morgan fingerprint density at radius 2 is 2.07 bits per heavy atom. The summed E-state index contributed by atoms with van der Waals surface area (Å²) in [5.41, 5.74) is 2.44. The Hall–Kier alpha value is -1.30. The average Bonchev–Trinajstić information content (AvgIpc) is 2.28. The number of hydrogen-bond donors (Lipinski definition) is 1. The first-order valence-corrected chi connectivity index (χ1v) is 5.03. The lowest BCUT2D eigenvalue weighted by Gasteiger charge is -2.11. The summed E-state index contributed by atoms with van der Waals surface area (Å²) in [7, 11) is 1.70. The minimum Gasteiger partial charge on any atom is -0.380 e. The molecule has 0 fully saturated rings. The Labute approximate surface area is 91.6 Å². The van der Waals surface area contributed by atoms with Gasteiger partial charge in [0.1, 0.15) is 0 Å². The van der Waals surface area contributed by atoms with E-state index < -0.39 is 0 Å². The summed E-state index contributed by atoms with van der Waals surface area (Å²) in [6.07, 6.45) is 5.30. The fraction of sp³-hybridized carbons (Fsp3) is 0.385. The van der Waals surface area contributed by atoms with Gasteiger partial charge < -0.3 is 4.74 Å². The van der Waals surface area contributed by atoms with Gasteiger partial charge in [0.05, 0.1) is 12.6 Å². The van der Waals surface area contributed by atoms with Gasteiger partial charge in [0, 0.05) is 13.7 Å². The number of nitrogens with one attached hydrogen (secondary N) is 1. The van der Waals surface area contributed by atoms with E-state index in [1.54, 1.807) is 7.11 Å². The van der Waals surface area contributed by atoms with E-state index in [4.69, 9.17) is 11.2 Å². The molecule has 80 valence electrons.